The number of hydrogen-bond donors (Lipinski definition) is 3. The summed E-state index contributed by atoms with van der Waals surface area (Å²) in [6.07, 6.45) is 3.19. The Labute approximate surface area is 107 Å². The number of amides is 1. The number of carbonyl (C=O) groups is 1. The molecule has 1 aliphatic carbocycles. The number of nitrogen functional groups attached to an aromatic ring is 1. The summed E-state index contributed by atoms with van der Waals surface area (Å²) in [7, 11) is 0. The van der Waals surface area contributed by atoms with Gasteiger partial charge in [0.15, 0.2) is 0 Å². The van der Waals surface area contributed by atoms with E-state index in [9.17, 15) is 4.79 Å². The molecule has 0 saturated heterocycles. The van der Waals surface area contributed by atoms with E-state index in [4.69, 9.17) is 10.8 Å². The number of aliphatic hydroxyl groups excluding tert-OH is 1. The number of anilines is 1. The minimum Gasteiger partial charge on any atom is -0.399 e. The maximum absolute atomic E-state index is 11.7. The molecule has 0 heterocycles. The van der Waals surface area contributed by atoms with E-state index in [-0.39, 0.29) is 17.9 Å². The van der Waals surface area contributed by atoms with Crippen LogP contribution in [0.2, 0.25) is 0 Å². The van der Waals surface area contributed by atoms with Gasteiger partial charge in [-0.25, -0.2) is 0 Å². The molecule has 0 atom stereocenters. The summed E-state index contributed by atoms with van der Waals surface area (Å²) in [4.78, 5) is 11.7. The van der Waals surface area contributed by atoms with E-state index in [1.165, 1.54) is 0 Å². The number of aryl methyl sites for hydroxylation is 1. The van der Waals surface area contributed by atoms with Gasteiger partial charge in [0.1, 0.15) is 0 Å². The highest BCUT2D eigenvalue weighted by atomic mass is 16.3. The van der Waals surface area contributed by atoms with Crippen molar-refractivity contribution >= 4 is 11.6 Å². The topological polar surface area (TPSA) is 75.4 Å². The molecule has 1 aromatic rings. The SMILES string of the molecule is Nc1cccc(CCC(=O)NCC2(CO)CC2)c1. The summed E-state index contributed by atoms with van der Waals surface area (Å²) < 4.78 is 0. The Hall–Kier alpha value is -1.55. The second kappa shape index (κ2) is 5.40. The number of nitrogens with two attached hydrogens (primary N) is 1. The van der Waals surface area contributed by atoms with Crippen molar-refractivity contribution < 1.29 is 9.90 Å². The van der Waals surface area contributed by atoms with Crippen LogP contribution >= 0.6 is 0 Å². The zero-order valence-electron chi connectivity index (χ0n) is 10.5. The normalized spacial score (nSPS) is 16.3. The van der Waals surface area contributed by atoms with E-state index in [0.29, 0.717) is 19.4 Å². The van der Waals surface area contributed by atoms with Crippen LogP contribution in [0.5, 0.6) is 0 Å². The highest BCUT2D eigenvalue weighted by Gasteiger charge is 2.41. The molecular weight excluding hydrogens is 228 g/mol. The van der Waals surface area contributed by atoms with E-state index in [2.05, 4.69) is 5.32 Å². The van der Waals surface area contributed by atoms with Crippen molar-refractivity contribution in [2.45, 2.75) is 25.7 Å². The molecule has 0 bridgehead atoms. The third kappa shape index (κ3) is 3.47. The van der Waals surface area contributed by atoms with E-state index in [1.54, 1.807) is 0 Å². The van der Waals surface area contributed by atoms with Crippen molar-refractivity contribution in [3.8, 4) is 0 Å². The Balaban J connectivity index is 1.72. The number of carbonyl (C=O) groups excluding carboxylic acids is 1. The Bertz CT molecular complexity index is 428. The summed E-state index contributed by atoms with van der Waals surface area (Å²) in [5.41, 5.74) is 7.46. The zero-order chi connectivity index (χ0) is 13.0. The first-order valence-corrected chi connectivity index (χ1v) is 6.36. The first-order chi connectivity index (χ1) is 8.63. The van der Waals surface area contributed by atoms with Gasteiger partial charge < -0.3 is 16.2 Å². The summed E-state index contributed by atoms with van der Waals surface area (Å²) in [5.74, 6) is 0.0390. The lowest BCUT2D eigenvalue weighted by atomic mass is 10.1. The highest BCUT2D eigenvalue weighted by Crippen LogP contribution is 2.44. The van der Waals surface area contributed by atoms with Crippen LogP contribution in [-0.2, 0) is 11.2 Å². The molecular formula is C14H20N2O2. The molecule has 18 heavy (non-hydrogen) atoms. The number of aliphatic hydroxyl groups is 1. The minimum absolute atomic E-state index is 0.0210. The van der Waals surface area contributed by atoms with Crippen molar-refractivity contribution in [1.29, 1.82) is 0 Å². The monoisotopic (exact) mass is 248 g/mol. The van der Waals surface area contributed by atoms with Crippen molar-refractivity contribution in [2.24, 2.45) is 5.41 Å². The average molecular weight is 248 g/mol. The van der Waals surface area contributed by atoms with Crippen LogP contribution < -0.4 is 11.1 Å². The molecule has 98 valence electrons. The van der Waals surface area contributed by atoms with Crippen molar-refractivity contribution in [2.75, 3.05) is 18.9 Å². The van der Waals surface area contributed by atoms with Crippen LogP contribution in [0.15, 0.2) is 24.3 Å². The third-order valence-corrected chi connectivity index (χ3v) is 3.54. The molecule has 4 heteroatoms. The molecule has 0 spiro atoms. The van der Waals surface area contributed by atoms with Crippen LogP contribution in [0.3, 0.4) is 0 Å². The lowest BCUT2D eigenvalue weighted by molar-refractivity contribution is -0.121. The van der Waals surface area contributed by atoms with Gasteiger partial charge in [0.25, 0.3) is 0 Å². The average Bonchev–Trinajstić information content (AvgIpc) is 3.15. The summed E-state index contributed by atoms with van der Waals surface area (Å²) in [6.45, 7) is 0.766. The van der Waals surface area contributed by atoms with E-state index in [1.807, 2.05) is 24.3 Å². The van der Waals surface area contributed by atoms with Crippen molar-refractivity contribution in [3.05, 3.63) is 29.8 Å². The van der Waals surface area contributed by atoms with Crippen LogP contribution in [0.25, 0.3) is 0 Å². The first kappa shape index (κ1) is 12.9. The minimum atomic E-state index is -0.0210. The van der Waals surface area contributed by atoms with Gasteiger partial charge in [-0.2, -0.15) is 0 Å². The highest BCUT2D eigenvalue weighted by molar-refractivity contribution is 5.76. The molecule has 1 saturated carbocycles. The third-order valence-electron chi connectivity index (χ3n) is 3.54. The summed E-state index contributed by atoms with van der Waals surface area (Å²) in [5, 5.41) is 12.0. The van der Waals surface area contributed by atoms with Crippen LogP contribution in [0, 0.1) is 5.41 Å². The van der Waals surface area contributed by atoms with E-state index < -0.39 is 0 Å². The zero-order valence-corrected chi connectivity index (χ0v) is 10.5. The molecule has 0 unspecified atom stereocenters. The summed E-state index contributed by atoms with van der Waals surface area (Å²) in [6, 6.07) is 7.60. The van der Waals surface area contributed by atoms with E-state index >= 15 is 0 Å². The second-order valence-corrected chi connectivity index (χ2v) is 5.18. The summed E-state index contributed by atoms with van der Waals surface area (Å²) >= 11 is 0. The van der Waals surface area contributed by atoms with Crippen molar-refractivity contribution in [1.82, 2.24) is 5.32 Å². The number of rotatable bonds is 6. The molecule has 1 amide bonds. The van der Waals surface area contributed by atoms with Gasteiger partial charge >= 0.3 is 0 Å². The smallest absolute Gasteiger partial charge is 0.220 e. The largest absolute Gasteiger partial charge is 0.399 e. The Morgan fingerprint density at radius 3 is 2.83 bits per heavy atom. The molecule has 1 fully saturated rings. The van der Waals surface area contributed by atoms with Gasteiger partial charge in [-0.1, -0.05) is 12.1 Å². The molecule has 0 radical (unpaired) electrons. The quantitative estimate of drug-likeness (QED) is 0.660. The van der Waals surface area contributed by atoms with Gasteiger partial charge in [-0.05, 0) is 37.0 Å². The fourth-order valence-corrected chi connectivity index (χ4v) is 1.95. The number of nitrogens with one attached hydrogen (secondary N) is 1. The van der Waals surface area contributed by atoms with Gasteiger partial charge in [0.05, 0.1) is 6.61 Å². The second-order valence-electron chi connectivity index (χ2n) is 5.18. The van der Waals surface area contributed by atoms with Crippen LogP contribution in [0.4, 0.5) is 5.69 Å². The molecule has 0 aliphatic heterocycles. The number of hydrogen-bond acceptors (Lipinski definition) is 3. The molecule has 0 aromatic heterocycles. The molecule has 1 aromatic carbocycles. The lowest BCUT2D eigenvalue weighted by Crippen LogP contribution is -2.31. The maximum Gasteiger partial charge on any atom is 0.220 e. The predicted molar refractivity (Wildman–Crippen MR) is 70.9 cm³/mol. The number of benzene rings is 1. The fraction of sp³-hybridized carbons (Fsp3) is 0.500. The predicted octanol–water partition coefficient (Wildman–Crippen LogP) is 1.09. The lowest BCUT2D eigenvalue weighted by Gasteiger charge is -2.12. The van der Waals surface area contributed by atoms with E-state index in [0.717, 1.165) is 24.1 Å². The van der Waals surface area contributed by atoms with Gasteiger partial charge in [0.2, 0.25) is 5.91 Å². The first-order valence-electron chi connectivity index (χ1n) is 6.36. The fourth-order valence-electron chi connectivity index (χ4n) is 1.95. The maximum atomic E-state index is 11.7. The molecule has 4 N–H and O–H groups in total. The van der Waals surface area contributed by atoms with Crippen LogP contribution in [-0.4, -0.2) is 24.2 Å². The Morgan fingerprint density at radius 2 is 2.22 bits per heavy atom. The Morgan fingerprint density at radius 1 is 1.44 bits per heavy atom. The Kier molecular flexibility index (Phi) is 3.87. The standard InChI is InChI=1S/C14H20N2O2/c15-12-3-1-2-11(8-12)4-5-13(18)16-9-14(10-17)6-7-14/h1-3,8,17H,4-7,9-10,15H2,(H,16,18). The molecule has 4 nitrogen and oxygen atoms in total. The van der Waals surface area contributed by atoms with Gasteiger partial charge in [0, 0.05) is 24.1 Å². The van der Waals surface area contributed by atoms with Gasteiger partial charge in [-0.15, -0.1) is 0 Å². The van der Waals surface area contributed by atoms with Gasteiger partial charge in [-0.3, -0.25) is 4.79 Å². The molecule has 1 aliphatic rings. The molecule has 2 rings (SSSR count). The van der Waals surface area contributed by atoms with Crippen molar-refractivity contribution in [3.63, 3.8) is 0 Å². The van der Waals surface area contributed by atoms with Crippen LogP contribution in [0.1, 0.15) is 24.8 Å².